The van der Waals surface area contributed by atoms with E-state index in [0.717, 1.165) is 17.4 Å². The molecule has 1 N–H and O–H groups in total. The Labute approximate surface area is 108 Å². The molecule has 2 aromatic rings. The number of nitrogens with zero attached hydrogens (tertiary/aromatic N) is 2. The fourth-order valence-electron chi connectivity index (χ4n) is 1.59. The van der Waals surface area contributed by atoms with Gasteiger partial charge in [0, 0.05) is 5.02 Å². The monoisotopic (exact) mass is 271 g/mol. The second-order valence-electron chi connectivity index (χ2n) is 3.61. The maximum absolute atomic E-state index is 13.6. The highest BCUT2D eigenvalue weighted by molar-refractivity contribution is 6.99. The van der Waals surface area contributed by atoms with Crippen LogP contribution in [0, 0.1) is 5.82 Å². The topological polar surface area (TPSA) is 37.8 Å². The van der Waals surface area contributed by atoms with Gasteiger partial charge in [0.25, 0.3) is 0 Å². The van der Waals surface area contributed by atoms with Gasteiger partial charge in [0.15, 0.2) is 0 Å². The van der Waals surface area contributed by atoms with Gasteiger partial charge >= 0.3 is 0 Å². The Morgan fingerprint density at radius 1 is 1.53 bits per heavy atom. The summed E-state index contributed by atoms with van der Waals surface area (Å²) in [6.07, 6.45) is 2.21. The van der Waals surface area contributed by atoms with Crippen molar-refractivity contribution < 1.29 is 4.39 Å². The van der Waals surface area contributed by atoms with Crippen LogP contribution >= 0.6 is 23.3 Å². The van der Waals surface area contributed by atoms with Crippen molar-refractivity contribution in [1.82, 2.24) is 14.1 Å². The Hall–Kier alpha value is -1.04. The lowest BCUT2D eigenvalue weighted by Crippen LogP contribution is -2.19. The third kappa shape index (κ3) is 3.00. The van der Waals surface area contributed by atoms with Gasteiger partial charge in [-0.05, 0) is 31.2 Å². The summed E-state index contributed by atoms with van der Waals surface area (Å²) in [6, 6.07) is 4.67. The van der Waals surface area contributed by atoms with Crippen LogP contribution in [-0.2, 0) is 6.42 Å². The number of rotatable bonds is 4. The lowest BCUT2D eigenvalue weighted by Gasteiger charge is -2.13. The molecule has 0 spiro atoms. The van der Waals surface area contributed by atoms with E-state index >= 15 is 0 Å². The standard InChI is InChI=1S/C11H11ClFN3S/c1-14-10(11-6-15-17-16-11)4-7-2-3-8(12)5-9(7)13/h2-3,5-6,10,14H,4H2,1H3. The zero-order valence-corrected chi connectivity index (χ0v) is 10.7. The van der Waals surface area contributed by atoms with Crippen molar-refractivity contribution in [1.29, 1.82) is 0 Å². The molecule has 0 amide bonds. The van der Waals surface area contributed by atoms with Gasteiger partial charge in [-0.3, -0.25) is 0 Å². The van der Waals surface area contributed by atoms with Gasteiger partial charge in [-0.1, -0.05) is 17.7 Å². The quantitative estimate of drug-likeness (QED) is 0.929. The van der Waals surface area contributed by atoms with Crippen molar-refractivity contribution in [2.75, 3.05) is 7.05 Å². The molecule has 0 saturated heterocycles. The van der Waals surface area contributed by atoms with Crippen LogP contribution in [0.15, 0.2) is 24.4 Å². The average molecular weight is 272 g/mol. The number of likely N-dealkylation sites (N-methyl/N-ethyl adjacent to an activating group) is 1. The van der Waals surface area contributed by atoms with Gasteiger partial charge in [0.1, 0.15) is 5.82 Å². The first kappa shape index (κ1) is 12.4. The Morgan fingerprint density at radius 3 is 2.94 bits per heavy atom. The molecule has 1 atom stereocenters. The Kier molecular flexibility index (Phi) is 4.04. The first-order chi connectivity index (χ1) is 8.20. The van der Waals surface area contributed by atoms with Crippen molar-refractivity contribution in [2.45, 2.75) is 12.5 Å². The normalized spacial score (nSPS) is 12.6. The van der Waals surface area contributed by atoms with E-state index in [9.17, 15) is 4.39 Å². The highest BCUT2D eigenvalue weighted by Crippen LogP contribution is 2.21. The first-order valence-electron chi connectivity index (χ1n) is 5.09. The molecule has 90 valence electrons. The van der Waals surface area contributed by atoms with Crippen LogP contribution in [-0.4, -0.2) is 15.8 Å². The fourth-order valence-corrected chi connectivity index (χ4v) is 2.22. The van der Waals surface area contributed by atoms with Crippen LogP contribution in [0.2, 0.25) is 5.02 Å². The molecular weight excluding hydrogens is 261 g/mol. The molecule has 3 nitrogen and oxygen atoms in total. The first-order valence-corrected chi connectivity index (χ1v) is 6.20. The maximum Gasteiger partial charge on any atom is 0.127 e. The lowest BCUT2D eigenvalue weighted by molar-refractivity contribution is 0.547. The minimum Gasteiger partial charge on any atom is -0.311 e. The van der Waals surface area contributed by atoms with E-state index in [1.54, 1.807) is 18.3 Å². The summed E-state index contributed by atoms with van der Waals surface area (Å²) in [4.78, 5) is 0. The van der Waals surface area contributed by atoms with Gasteiger partial charge in [-0.15, -0.1) is 0 Å². The number of benzene rings is 1. The summed E-state index contributed by atoms with van der Waals surface area (Å²) in [5.74, 6) is -0.291. The molecule has 0 radical (unpaired) electrons. The molecule has 1 heterocycles. The number of aromatic nitrogens is 2. The van der Waals surface area contributed by atoms with Crippen molar-refractivity contribution in [3.8, 4) is 0 Å². The Balaban J connectivity index is 2.19. The molecule has 1 aromatic carbocycles. The van der Waals surface area contributed by atoms with E-state index in [1.165, 1.54) is 6.07 Å². The minimum absolute atomic E-state index is 0.0376. The van der Waals surface area contributed by atoms with Gasteiger partial charge in [-0.25, -0.2) is 4.39 Å². The van der Waals surface area contributed by atoms with Crippen molar-refractivity contribution in [3.63, 3.8) is 0 Å². The average Bonchev–Trinajstić information content (AvgIpc) is 2.81. The largest absolute Gasteiger partial charge is 0.311 e. The summed E-state index contributed by atoms with van der Waals surface area (Å²) in [5.41, 5.74) is 1.44. The third-order valence-corrected chi connectivity index (χ3v) is 3.25. The second-order valence-corrected chi connectivity index (χ2v) is 4.61. The van der Waals surface area contributed by atoms with Gasteiger partial charge < -0.3 is 5.32 Å². The SMILES string of the molecule is CNC(Cc1ccc(Cl)cc1F)c1cnsn1. The lowest BCUT2D eigenvalue weighted by atomic mass is 10.0. The molecule has 0 aliphatic heterocycles. The smallest absolute Gasteiger partial charge is 0.127 e. The van der Waals surface area contributed by atoms with Crippen LogP contribution in [0.4, 0.5) is 4.39 Å². The van der Waals surface area contributed by atoms with Crippen LogP contribution in [0.25, 0.3) is 0 Å². The molecule has 0 aliphatic rings. The number of hydrogen-bond donors (Lipinski definition) is 1. The molecular formula is C11H11ClFN3S. The number of nitrogens with one attached hydrogen (secondary N) is 1. The predicted molar refractivity (Wildman–Crippen MR) is 66.8 cm³/mol. The highest BCUT2D eigenvalue weighted by Gasteiger charge is 2.15. The molecule has 1 unspecified atom stereocenters. The van der Waals surface area contributed by atoms with Gasteiger partial charge in [-0.2, -0.15) is 8.75 Å². The summed E-state index contributed by atoms with van der Waals surface area (Å²) < 4.78 is 21.7. The summed E-state index contributed by atoms with van der Waals surface area (Å²) in [6.45, 7) is 0. The van der Waals surface area contributed by atoms with Crippen molar-refractivity contribution in [2.24, 2.45) is 0 Å². The maximum atomic E-state index is 13.6. The van der Waals surface area contributed by atoms with Crippen LogP contribution in [0.1, 0.15) is 17.3 Å². The summed E-state index contributed by atoms with van der Waals surface area (Å²) in [7, 11) is 1.82. The number of hydrogen-bond acceptors (Lipinski definition) is 4. The molecule has 0 saturated carbocycles. The molecule has 2 rings (SSSR count). The number of halogens is 2. The van der Waals surface area contributed by atoms with Crippen LogP contribution in [0.5, 0.6) is 0 Å². The van der Waals surface area contributed by atoms with Crippen molar-refractivity contribution >= 4 is 23.3 Å². The van der Waals surface area contributed by atoms with Crippen LogP contribution < -0.4 is 5.32 Å². The summed E-state index contributed by atoms with van der Waals surface area (Å²) >= 11 is 6.86. The van der Waals surface area contributed by atoms with E-state index in [2.05, 4.69) is 14.1 Å². The molecule has 17 heavy (non-hydrogen) atoms. The molecule has 0 aliphatic carbocycles. The fraction of sp³-hybridized carbons (Fsp3) is 0.273. The van der Waals surface area contributed by atoms with E-state index in [0.29, 0.717) is 17.0 Å². The molecule has 0 bridgehead atoms. The molecule has 1 aromatic heterocycles. The van der Waals surface area contributed by atoms with Crippen LogP contribution in [0.3, 0.4) is 0 Å². The predicted octanol–water partition coefficient (Wildman–Crippen LogP) is 2.83. The van der Waals surface area contributed by atoms with E-state index in [1.807, 2.05) is 7.05 Å². The zero-order valence-electron chi connectivity index (χ0n) is 9.15. The van der Waals surface area contributed by atoms with E-state index in [-0.39, 0.29) is 11.9 Å². The van der Waals surface area contributed by atoms with Gasteiger partial charge in [0.2, 0.25) is 0 Å². The highest BCUT2D eigenvalue weighted by atomic mass is 35.5. The third-order valence-electron chi connectivity index (χ3n) is 2.52. The van der Waals surface area contributed by atoms with E-state index in [4.69, 9.17) is 11.6 Å². The molecule has 6 heteroatoms. The Bertz CT molecular complexity index is 489. The van der Waals surface area contributed by atoms with Crippen molar-refractivity contribution in [3.05, 3.63) is 46.5 Å². The summed E-state index contributed by atoms with van der Waals surface area (Å²) in [5, 5.41) is 3.50. The molecule has 0 fully saturated rings. The minimum atomic E-state index is -0.291. The van der Waals surface area contributed by atoms with E-state index < -0.39 is 0 Å². The Morgan fingerprint density at radius 2 is 2.35 bits per heavy atom. The van der Waals surface area contributed by atoms with Gasteiger partial charge in [0.05, 0.1) is 29.7 Å². The second kappa shape index (κ2) is 5.53. The zero-order chi connectivity index (χ0) is 12.3.